The maximum atomic E-state index is 12.6. The molecule has 1 amide bonds. The Hall–Kier alpha value is -2.06. The molecule has 1 fully saturated rings. The van der Waals surface area contributed by atoms with Gasteiger partial charge in [0.1, 0.15) is 4.32 Å². The van der Waals surface area contributed by atoms with Crippen molar-refractivity contribution >= 4 is 46.3 Å². The van der Waals surface area contributed by atoms with E-state index in [1.165, 1.54) is 23.8 Å². The van der Waals surface area contributed by atoms with Crippen molar-refractivity contribution in [3.8, 4) is 11.5 Å². The van der Waals surface area contributed by atoms with Crippen molar-refractivity contribution in [2.24, 2.45) is 0 Å². The molecule has 0 radical (unpaired) electrons. The number of benzene rings is 1. The quantitative estimate of drug-likeness (QED) is 0.244. The molecule has 28 heavy (non-hydrogen) atoms. The van der Waals surface area contributed by atoms with Crippen molar-refractivity contribution in [1.82, 2.24) is 4.90 Å². The molecule has 6 nitrogen and oxygen atoms in total. The Kier molecular flexibility index (Phi) is 8.79. The maximum absolute atomic E-state index is 12.6. The normalized spacial score (nSPS) is 15.2. The maximum Gasteiger partial charge on any atom is 0.307 e. The van der Waals surface area contributed by atoms with Gasteiger partial charge in [0, 0.05) is 6.54 Å². The second-order valence-electron chi connectivity index (χ2n) is 6.00. The van der Waals surface area contributed by atoms with E-state index in [0.29, 0.717) is 33.9 Å². The molecule has 1 aromatic rings. The summed E-state index contributed by atoms with van der Waals surface area (Å²) in [4.78, 5) is 25.9. The van der Waals surface area contributed by atoms with Crippen LogP contribution in [0.4, 0.5) is 0 Å². The van der Waals surface area contributed by atoms with E-state index < -0.39 is 0 Å². The lowest BCUT2D eigenvalue weighted by Crippen LogP contribution is -2.30. The van der Waals surface area contributed by atoms with Crippen molar-refractivity contribution in [2.45, 2.75) is 33.1 Å². The second kappa shape index (κ2) is 11.1. The molecular formula is C20H25NO5S2. The van der Waals surface area contributed by atoms with Gasteiger partial charge in [0.25, 0.3) is 5.91 Å². The number of ether oxygens (including phenoxy) is 3. The first-order chi connectivity index (χ1) is 13.5. The molecule has 0 aromatic heterocycles. The largest absolute Gasteiger partial charge is 0.490 e. The minimum Gasteiger partial charge on any atom is -0.490 e. The van der Waals surface area contributed by atoms with Crippen molar-refractivity contribution in [1.29, 1.82) is 0 Å². The van der Waals surface area contributed by atoms with Crippen molar-refractivity contribution in [2.75, 3.05) is 26.9 Å². The van der Waals surface area contributed by atoms with Gasteiger partial charge in [-0.3, -0.25) is 14.5 Å². The fourth-order valence-electron chi connectivity index (χ4n) is 2.48. The molecule has 152 valence electrons. The molecule has 0 spiro atoms. The molecule has 2 rings (SSSR count). The molecule has 0 aliphatic carbocycles. The summed E-state index contributed by atoms with van der Waals surface area (Å²) in [7, 11) is 1.32. The van der Waals surface area contributed by atoms with Gasteiger partial charge in [0.15, 0.2) is 11.5 Å². The Morgan fingerprint density at radius 3 is 2.71 bits per heavy atom. The van der Waals surface area contributed by atoms with Gasteiger partial charge in [-0.15, -0.1) is 0 Å². The number of esters is 1. The van der Waals surface area contributed by atoms with Gasteiger partial charge in [0.2, 0.25) is 0 Å². The van der Waals surface area contributed by atoms with E-state index in [9.17, 15) is 9.59 Å². The highest BCUT2D eigenvalue weighted by Gasteiger charge is 2.32. The summed E-state index contributed by atoms with van der Waals surface area (Å²) in [6, 6.07) is 5.58. The minimum atomic E-state index is -0.377. The zero-order chi connectivity index (χ0) is 20.5. The number of thiocarbonyl (C=S) groups is 1. The number of methoxy groups -OCH3 is 1. The van der Waals surface area contributed by atoms with E-state index in [4.69, 9.17) is 21.7 Å². The third-order valence-corrected chi connectivity index (χ3v) is 5.34. The Morgan fingerprint density at radius 2 is 2.04 bits per heavy atom. The van der Waals surface area contributed by atoms with Gasteiger partial charge in [-0.2, -0.15) is 0 Å². The van der Waals surface area contributed by atoms with Crippen LogP contribution in [0, 0.1) is 0 Å². The number of carbonyl (C=O) groups excluding carboxylic acids is 2. The number of unbranched alkanes of at least 4 members (excludes halogenated alkanes) is 1. The van der Waals surface area contributed by atoms with Crippen LogP contribution in [-0.4, -0.2) is 48.0 Å². The molecule has 0 N–H and O–H groups in total. The first-order valence-electron chi connectivity index (χ1n) is 9.22. The second-order valence-corrected chi connectivity index (χ2v) is 7.68. The zero-order valence-electron chi connectivity index (χ0n) is 16.4. The van der Waals surface area contributed by atoms with Crippen LogP contribution in [0.15, 0.2) is 23.1 Å². The summed E-state index contributed by atoms with van der Waals surface area (Å²) in [6.45, 7) is 5.38. The molecule has 1 aliphatic rings. The van der Waals surface area contributed by atoms with Crippen LogP contribution in [-0.2, 0) is 14.3 Å². The van der Waals surface area contributed by atoms with Crippen molar-refractivity contribution in [3.63, 3.8) is 0 Å². The topological polar surface area (TPSA) is 65.1 Å². The number of carbonyl (C=O) groups is 2. The average Bonchev–Trinajstić information content (AvgIpc) is 2.94. The zero-order valence-corrected chi connectivity index (χ0v) is 18.0. The van der Waals surface area contributed by atoms with Gasteiger partial charge in [-0.1, -0.05) is 43.4 Å². The van der Waals surface area contributed by atoms with Crippen LogP contribution >= 0.6 is 24.0 Å². The Labute approximate surface area is 175 Å². The van der Waals surface area contributed by atoms with E-state index >= 15 is 0 Å². The monoisotopic (exact) mass is 423 g/mol. The van der Waals surface area contributed by atoms with Crippen LogP contribution in [0.5, 0.6) is 11.5 Å². The number of thioether (sulfide) groups is 1. The van der Waals surface area contributed by atoms with Gasteiger partial charge >= 0.3 is 5.97 Å². The van der Waals surface area contributed by atoms with Crippen LogP contribution in [0.1, 0.15) is 38.7 Å². The lowest BCUT2D eigenvalue weighted by molar-refractivity contribution is -0.140. The Balaban J connectivity index is 2.15. The molecule has 0 bridgehead atoms. The highest BCUT2D eigenvalue weighted by atomic mass is 32.2. The molecule has 8 heteroatoms. The fourth-order valence-corrected chi connectivity index (χ4v) is 3.79. The third kappa shape index (κ3) is 5.97. The van der Waals surface area contributed by atoms with Crippen LogP contribution < -0.4 is 9.47 Å². The summed E-state index contributed by atoms with van der Waals surface area (Å²) < 4.78 is 16.5. The van der Waals surface area contributed by atoms with Gasteiger partial charge in [-0.25, -0.2) is 0 Å². The average molecular weight is 424 g/mol. The van der Waals surface area contributed by atoms with E-state index in [1.54, 1.807) is 6.08 Å². The summed E-state index contributed by atoms with van der Waals surface area (Å²) in [5, 5.41) is 0. The highest BCUT2D eigenvalue weighted by Crippen LogP contribution is 2.35. The molecular weight excluding hydrogens is 398 g/mol. The fraction of sp³-hybridized carbons (Fsp3) is 0.450. The van der Waals surface area contributed by atoms with Crippen molar-refractivity contribution < 1.29 is 23.8 Å². The number of nitrogens with zero attached hydrogens (tertiary/aromatic N) is 1. The predicted octanol–water partition coefficient (Wildman–Crippen LogP) is 4.03. The minimum absolute atomic E-state index is 0.106. The highest BCUT2D eigenvalue weighted by molar-refractivity contribution is 8.26. The SMILES string of the molecule is CCCCOc1ccc(/C=C2\SC(=S)N(CCC(=O)OC)C2=O)cc1OCC. The van der Waals surface area contributed by atoms with Crippen LogP contribution in [0.3, 0.4) is 0 Å². The van der Waals surface area contributed by atoms with Crippen LogP contribution in [0.25, 0.3) is 6.08 Å². The number of hydrogen-bond donors (Lipinski definition) is 0. The van der Waals surface area contributed by atoms with Gasteiger partial charge in [-0.05, 0) is 37.1 Å². The number of hydrogen-bond acceptors (Lipinski definition) is 7. The summed E-state index contributed by atoms with van der Waals surface area (Å²) >= 11 is 6.50. The van der Waals surface area contributed by atoms with E-state index in [0.717, 1.165) is 18.4 Å². The predicted molar refractivity (Wildman–Crippen MR) is 115 cm³/mol. The van der Waals surface area contributed by atoms with E-state index in [2.05, 4.69) is 11.7 Å². The number of amides is 1. The Morgan fingerprint density at radius 1 is 1.25 bits per heavy atom. The third-order valence-electron chi connectivity index (χ3n) is 3.96. The summed E-state index contributed by atoms with van der Waals surface area (Å²) in [5.41, 5.74) is 0.819. The first-order valence-corrected chi connectivity index (χ1v) is 10.4. The van der Waals surface area contributed by atoms with Crippen LogP contribution in [0.2, 0.25) is 0 Å². The molecule has 1 aromatic carbocycles. The van der Waals surface area contributed by atoms with Gasteiger partial charge in [0.05, 0.1) is 31.6 Å². The van der Waals surface area contributed by atoms with Gasteiger partial charge < -0.3 is 14.2 Å². The van der Waals surface area contributed by atoms with E-state index in [1.807, 2.05) is 25.1 Å². The first kappa shape index (κ1) is 22.2. The van der Waals surface area contributed by atoms with Crippen molar-refractivity contribution in [3.05, 3.63) is 28.7 Å². The summed E-state index contributed by atoms with van der Waals surface area (Å²) in [6.07, 6.45) is 3.91. The molecule has 0 saturated carbocycles. The molecule has 1 aliphatic heterocycles. The molecule has 1 saturated heterocycles. The number of rotatable bonds is 10. The lowest BCUT2D eigenvalue weighted by atomic mass is 10.2. The summed E-state index contributed by atoms with van der Waals surface area (Å²) in [5.74, 6) is 0.754. The molecule has 0 unspecified atom stereocenters. The molecule has 1 heterocycles. The molecule has 0 atom stereocenters. The van der Waals surface area contributed by atoms with E-state index in [-0.39, 0.29) is 24.8 Å². The smallest absolute Gasteiger partial charge is 0.307 e. The lowest BCUT2D eigenvalue weighted by Gasteiger charge is -2.13. The Bertz CT molecular complexity index is 763. The standard InChI is InChI=1S/C20H25NO5S2/c1-4-6-11-26-15-8-7-14(12-16(15)25-5-2)13-17-19(23)21(20(27)28-17)10-9-18(22)24-3/h7-8,12-13H,4-6,9-11H2,1-3H3/b17-13-.